The van der Waals surface area contributed by atoms with Crippen molar-refractivity contribution >= 4 is 28.7 Å². The highest BCUT2D eigenvalue weighted by atomic mass is 16.1. The van der Waals surface area contributed by atoms with E-state index >= 15 is 0 Å². The topological polar surface area (TPSA) is 39.2 Å². The predicted octanol–water partition coefficient (Wildman–Crippen LogP) is 5.30. The number of Topliss-reactive ketones (excluding diaryl/α,β-unsaturated/α-hetero) is 1. The van der Waals surface area contributed by atoms with E-state index in [4.69, 9.17) is 5.10 Å². The molecule has 0 fully saturated rings. The van der Waals surface area contributed by atoms with Crippen LogP contribution in [-0.2, 0) is 4.79 Å². The van der Waals surface area contributed by atoms with Crippen molar-refractivity contribution in [2.45, 2.75) is 26.9 Å². The van der Waals surface area contributed by atoms with Crippen LogP contribution < -0.4 is 14.8 Å². The van der Waals surface area contributed by atoms with Crippen LogP contribution in [0.5, 0.6) is 0 Å². The van der Waals surface area contributed by atoms with Gasteiger partial charge in [0.1, 0.15) is 0 Å². The van der Waals surface area contributed by atoms with E-state index in [9.17, 15) is 4.79 Å². The van der Waals surface area contributed by atoms with E-state index in [0.717, 1.165) is 22.6 Å². The van der Waals surface area contributed by atoms with E-state index in [-0.39, 0.29) is 11.9 Å². The quantitative estimate of drug-likeness (QED) is 0.570. The molecule has 1 atom stereocenters. The van der Waals surface area contributed by atoms with Gasteiger partial charge in [0.25, 0.3) is 0 Å². The number of amidine groups is 1. The van der Waals surface area contributed by atoms with Gasteiger partial charge in [0.2, 0.25) is 0 Å². The number of rotatable bonds is 5. The van der Waals surface area contributed by atoms with Gasteiger partial charge < -0.3 is 4.90 Å². The number of anilines is 3. The number of nitrogens with zero attached hydrogens (tertiary/aromatic N) is 4. The van der Waals surface area contributed by atoms with Crippen molar-refractivity contribution in [1.82, 2.24) is 0 Å². The van der Waals surface area contributed by atoms with Crippen LogP contribution in [0.25, 0.3) is 0 Å². The van der Waals surface area contributed by atoms with Gasteiger partial charge in [-0.25, -0.2) is 5.01 Å². The number of hydrazone groups is 1. The van der Waals surface area contributed by atoms with Crippen molar-refractivity contribution in [3.8, 4) is 0 Å². The molecular formula is C26H28N4O. The zero-order valence-corrected chi connectivity index (χ0v) is 18.7. The van der Waals surface area contributed by atoms with Crippen molar-refractivity contribution in [2.75, 3.05) is 28.9 Å². The van der Waals surface area contributed by atoms with Crippen LogP contribution in [0.3, 0.4) is 0 Å². The number of benzene rings is 3. The second kappa shape index (κ2) is 8.26. The van der Waals surface area contributed by atoms with Crippen molar-refractivity contribution in [1.29, 1.82) is 0 Å². The predicted molar refractivity (Wildman–Crippen MR) is 129 cm³/mol. The zero-order chi connectivity index (χ0) is 22.1. The lowest BCUT2D eigenvalue weighted by Gasteiger charge is -2.32. The molecule has 3 aromatic carbocycles. The molecule has 5 nitrogen and oxygen atoms in total. The molecule has 0 aromatic heterocycles. The van der Waals surface area contributed by atoms with E-state index in [0.29, 0.717) is 5.84 Å². The monoisotopic (exact) mass is 412 g/mol. The summed E-state index contributed by atoms with van der Waals surface area (Å²) < 4.78 is 0. The Balaban J connectivity index is 1.89. The van der Waals surface area contributed by atoms with Crippen LogP contribution in [-0.4, -0.2) is 25.7 Å². The maximum absolute atomic E-state index is 12.7. The molecule has 0 N–H and O–H groups in total. The van der Waals surface area contributed by atoms with E-state index in [2.05, 4.69) is 61.2 Å². The lowest BCUT2D eigenvalue weighted by atomic mass is 10.1. The first-order valence-corrected chi connectivity index (χ1v) is 10.4. The number of ketones is 1. The average molecular weight is 413 g/mol. The third-order valence-electron chi connectivity index (χ3n) is 5.72. The normalized spacial score (nSPS) is 15.8. The first-order valence-electron chi connectivity index (χ1n) is 10.4. The van der Waals surface area contributed by atoms with Gasteiger partial charge in [-0.15, -0.1) is 5.10 Å². The maximum atomic E-state index is 12.7. The van der Waals surface area contributed by atoms with E-state index in [1.165, 1.54) is 11.1 Å². The van der Waals surface area contributed by atoms with Gasteiger partial charge in [-0.05, 0) is 66.9 Å². The summed E-state index contributed by atoms with van der Waals surface area (Å²) in [6, 6.07) is 24.7. The highest BCUT2D eigenvalue weighted by molar-refractivity contribution is 6.44. The number of carbonyl (C=O) groups excluding carboxylic acids is 1. The summed E-state index contributed by atoms with van der Waals surface area (Å²) >= 11 is 0. The van der Waals surface area contributed by atoms with Crippen LogP contribution >= 0.6 is 0 Å². The van der Waals surface area contributed by atoms with E-state index in [1.54, 1.807) is 6.92 Å². The van der Waals surface area contributed by atoms with E-state index in [1.807, 2.05) is 54.3 Å². The minimum atomic E-state index is -0.264. The molecule has 1 aliphatic rings. The van der Waals surface area contributed by atoms with E-state index < -0.39 is 0 Å². The molecule has 31 heavy (non-hydrogen) atoms. The molecule has 0 saturated heterocycles. The van der Waals surface area contributed by atoms with Gasteiger partial charge in [-0.3, -0.25) is 9.69 Å². The SMILES string of the molecule is CC(=O)C1=NN(c2ccccc2)C(c2ccc(N(C)C)cc2)N1c1ccc(C)c(C)c1. The molecule has 5 heteroatoms. The Morgan fingerprint density at radius 1 is 0.871 bits per heavy atom. The molecule has 0 radical (unpaired) electrons. The Morgan fingerprint density at radius 2 is 1.55 bits per heavy atom. The lowest BCUT2D eigenvalue weighted by Crippen LogP contribution is -2.37. The molecule has 0 aliphatic carbocycles. The minimum Gasteiger partial charge on any atom is -0.378 e. The fraction of sp³-hybridized carbons (Fsp3) is 0.231. The molecule has 0 spiro atoms. The Morgan fingerprint density at radius 3 is 2.13 bits per heavy atom. The van der Waals surface area contributed by atoms with Crippen molar-refractivity contribution in [3.05, 3.63) is 89.5 Å². The number of para-hydroxylation sites is 1. The molecule has 3 aromatic rings. The third-order valence-corrected chi connectivity index (χ3v) is 5.72. The summed E-state index contributed by atoms with van der Waals surface area (Å²) in [7, 11) is 4.05. The summed E-state index contributed by atoms with van der Waals surface area (Å²) in [4.78, 5) is 16.8. The van der Waals surface area contributed by atoms with Crippen molar-refractivity contribution < 1.29 is 4.79 Å². The van der Waals surface area contributed by atoms with Gasteiger partial charge in [0, 0.05) is 32.4 Å². The largest absolute Gasteiger partial charge is 0.378 e. The Bertz CT molecular complexity index is 1120. The molecule has 0 amide bonds. The van der Waals surface area contributed by atoms with Crippen LogP contribution in [0.1, 0.15) is 29.8 Å². The molecule has 4 rings (SSSR count). The summed E-state index contributed by atoms with van der Waals surface area (Å²) in [6.07, 6.45) is -0.264. The summed E-state index contributed by atoms with van der Waals surface area (Å²) in [5.74, 6) is 0.375. The summed E-state index contributed by atoms with van der Waals surface area (Å²) in [5, 5.41) is 6.74. The van der Waals surface area contributed by atoms with Crippen LogP contribution in [0.4, 0.5) is 17.1 Å². The molecule has 0 bridgehead atoms. The summed E-state index contributed by atoms with van der Waals surface area (Å²) in [6.45, 7) is 5.76. The Kier molecular flexibility index (Phi) is 5.51. The fourth-order valence-electron chi connectivity index (χ4n) is 3.82. The van der Waals surface area contributed by atoms with Crippen LogP contribution in [0.2, 0.25) is 0 Å². The van der Waals surface area contributed by atoms with Gasteiger partial charge >= 0.3 is 0 Å². The van der Waals surface area contributed by atoms with Crippen LogP contribution in [0.15, 0.2) is 77.9 Å². The zero-order valence-electron chi connectivity index (χ0n) is 18.7. The average Bonchev–Trinajstić information content (AvgIpc) is 3.17. The fourth-order valence-corrected chi connectivity index (χ4v) is 3.82. The van der Waals surface area contributed by atoms with Crippen molar-refractivity contribution in [3.63, 3.8) is 0 Å². The summed E-state index contributed by atoms with van der Waals surface area (Å²) in [5.41, 5.74) is 6.48. The highest BCUT2D eigenvalue weighted by Gasteiger charge is 2.39. The molecule has 0 saturated carbocycles. The maximum Gasteiger partial charge on any atom is 0.198 e. The smallest absolute Gasteiger partial charge is 0.198 e. The Labute approximate surface area is 184 Å². The Hall–Kier alpha value is -3.60. The van der Waals surface area contributed by atoms with Gasteiger partial charge in [-0.1, -0.05) is 36.4 Å². The number of hydrogen-bond donors (Lipinski definition) is 0. The highest BCUT2D eigenvalue weighted by Crippen LogP contribution is 2.39. The molecule has 1 aliphatic heterocycles. The third kappa shape index (κ3) is 3.91. The molecular weight excluding hydrogens is 384 g/mol. The number of hydrogen-bond acceptors (Lipinski definition) is 5. The van der Waals surface area contributed by atoms with Gasteiger partial charge in [-0.2, -0.15) is 0 Å². The van der Waals surface area contributed by atoms with Gasteiger partial charge in [0.05, 0.1) is 5.69 Å². The minimum absolute atomic E-state index is 0.0634. The lowest BCUT2D eigenvalue weighted by molar-refractivity contribution is -0.111. The number of carbonyl (C=O) groups is 1. The molecule has 1 heterocycles. The molecule has 1 unspecified atom stereocenters. The second-order valence-electron chi connectivity index (χ2n) is 8.16. The van der Waals surface area contributed by atoms with Crippen LogP contribution in [0, 0.1) is 13.8 Å². The first-order chi connectivity index (χ1) is 14.9. The van der Waals surface area contributed by atoms with Crippen molar-refractivity contribution in [2.24, 2.45) is 5.10 Å². The standard InChI is InChI=1S/C26H28N4O/c1-18-11-14-24(17-19(18)2)29-25(20(3)31)27-30(23-9-7-6-8-10-23)26(29)21-12-15-22(16-13-21)28(4)5/h6-17,26H,1-5H3. The number of aryl methyl sites for hydroxylation is 2. The van der Waals surface area contributed by atoms with Gasteiger partial charge in [0.15, 0.2) is 17.8 Å². The first kappa shape index (κ1) is 20.7. The second-order valence-corrected chi connectivity index (χ2v) is 8.16. The molecule has 158 valence electrons.